The third-order valence-corrected chi connectivity index (χ3v) is 2.83. The van der Waals surface area contributed by atoms with E-state index in [9.17, 15) is 4.79 Å². The van der Waals surface area contributed by atoms with E-state index in [1.807, 2.05) is 7.05 Å². The lowest BCUT2D eigenvalue weighted by Gasteiger charge is -2.19. The van der Waals surface area contributed by atoms with Crippen molar-refractivity contribution in [3.63, 3.8) is 0 Å². The molecule has 14 heavy (non-hydrogen) atoms. The van der Waals surface area contributed by atoms with Gasteiger partial charge in [-0.1, -0.05) is 6.92 Å². The van der Waals surface area contributed by atoms with Crippen LogP contribution in [0.15, 0.2) is 0 Å². The fourth-order valence-electron chi connectivity index (χ4n) is 1.69. The third kappa shape index (κ3) is 3.27. The summed E-state index contributed by atoms with van der Waals surface area (Å²) < 4.78 is 4.56. The Morgan fingerprint density at radius 1 is 1.71 bits per heavy atom. The van der Waals surface area contributed by atoms with Gasteiger partial charge in [-0.15, -0.1) is 0 Å². The molecule has 1 aliphatic rings. The number of nitrogens with two attached hydrogens (primary N) is 1. The Labute approximate surface area is 85.4 Å². The summed E-state index contributed by atoms with van der Waals surface area (Å²) in [7, 11) is 3.36. The summed E-state index contributed by atoms with van der Waals surface area (Å²) in [6.07, 6.45) is 1.30. The summed E-state index contributed by atoms with van der Waals surface area (Å²) in [5.41, 5.74) is 5.64. The highest BCUT2D eigenvalue weighted by Crippen LogP contribution is 2.37. The van der Waals surface area contributed by atoms with E-state index in [0.29, 0.717) is 6.54 Å². The predicted molar refractivity (Wildman–Crippen MR) is 54.8 cm³/mol. The van der Waals surface area contributed by atoms with Gasteiger partial charge in [-0.05, 0) is 25.3 Å². The first kappa shape index (κ1) is 11.5. The van der Waals surface area contributed by atoms with Crippen LogP contribution in [0.2, 0.25) is 0 Å². The molecular formula is C10H20N2O2. The Bertz CT molecular complexity index is 208. The van der Waals surface area contributed by atoms with Crippen LogP contribution in [0.5, 0.6) is 0 Å². The number of esters is 1. The van der Waals surface area contributed by atoms with Crippen LogP contribution < -0.4 is 5.73 Å². The van der Waals surface area contributed by atoms with Crippen molar-refractivity contribution in [2.24, 2.45) is 17.6 Å². The van der Waals surface area contributed by atoms with Crippen molar-refractivity contribution >= 4 is 5.97 Å². The highest BCUT2D eigenvalue weighted by atomic mass is 16.5. The Morgan fingerprint density at radius 3 is 2.71 bits per heavy atom. The number of nitrogens with zero attached hydrogens (tertiary/aromatic N) is 1. The summed E-state index contributed by atoms with van der Waals surface area (Å²) in [5.74, 6) is 1.30. The lowest BCUT2D eigenvalue weighted by atomic mass is 10.2. The molecule has 3 atom stereocenters. The van der Waals surface area contributed by atoms with E-state index in [0.717, 1.165) is 18.4 Å². The standard InChI is InChI=1S/C10H20N2O2/c1-7-4-8(7)5-12(2)6-9(11)10(13)14-3/h7-9H,4-6,11H2,1-3H3. The SMILES string of the molecule is COC(=O)C(N)CN(C)CC1CC1C. The number of carbonyl (C=O) groups excluding carboxylic acids is 1. The van der Waals surface area contributed by atoms with Gasteiger partial charge in [-0.2, -0.15) is 0 Å². The molecule has 2 N–H and O–H groups in total. The van der Waals surface area contributed by atoms with Crippen LogP contribution in [0.1, 0.15) is 13.3 Å². The summed E-state index contributed by atoms with van der Waals surface area (Å²) >= 11 is 0. The highest BCUT2D eigenvalue weighted by Gasteiger charge is 2.33. The van der Waals surface area contributed by atoms with Gasteiger partial charge in [0.05, 0.1) is 7.11 Å². The van der Waals surface area contributed by atoms with Crippen molar-refractivity contribution in [2.45, 2.75) is 19.4 Å². The van der Waals surface area contributed by atoms with Crippen molar-refractivity contribution in [1.29, 1.82) is 0 Å². The number of likely N-dealkylation sites (N-methyl/N-ethyl adjacent to an activating group) is 1. The van der Waals surface area contributed by atoms with E-state index < -0.39 is 6.04 Å². The van der Waals surface area contributed by atoms with Gasteiger partial charge in [-0.3, -0.25) is 4.79 Å². The number of carbonyl (C=O) groups is 1. The average molecular weight is 200 g/mol. The van der Waals surface area contributed by atoms with E-state index in [2.05, 4.69) is 16.6 Å². The number of ether oxygens (including phenoxy) is 1. The fraction of sp³-hybridized carbons (Fsp3) is 0.900. The molecule has 0 aromatic heterocycles. The minimum atomic E-state index is -0.515. The molecule has 0 aromatic rings. The van der Waals surface area contributed by atoms with Gasteiger partial charge < -0.3 is 15.4 Å². The maximum absolute atomic E-state index is 11.0. The first-order valence-electron chi connectivity index (χ1n) is 5.06. The lowest BCUT2D eigenvalue weighted by molar-refractivity contribution is -0.142. The van der Waals surface area contributed by atoms with Crippen molar-refractivity contribution < 1.29 is 9.53 Å². The molecule has 4 nitrogen and oxygen atoms in total. The van der Waals surface area contributed by atoms with E-state index in [1.165, 1.54) is 13.5 Å². The summed E-state index contributed by atoms with van der Waals surface area (Å²) in [4.78, 5) is 13.1. The van der Waals surface area contributed by atoms with Crippen LogP contribution in [0.25, 0.3) is 0 Å². The van der Waals surface area contributed by atoms with Gasteiger partial charge in [0, 0.05) is 13.1 Å². The van der Waals surface area contributed by atoms with E-state index >= 15 is 0 Å². The van der Waals surface area contributed by atoms with Gasteiger partial charge in [-0.25, -0.2) is 0 Å². The summed E-state index contributed by atoms with van der Waals surface area (Å²) in [6.45, 7) is 3.86. The summed E-state index contributed by atoms with van der Waals surface area (Å²) in [5, 5.41) is 0. The van der Waals surface area contributed by atoms with Crippen molar-refractivity contribution in [3.8, 4) is 0 Å². The van der Waals surface area contributed by atoms with Crippen molar-refractivity contribution in [1.82, 2.24) is 4.90 Å². The van der Waals surface area contributed by atoms with Crippen LogP contribution in [-0.2, 0) is 9.53 Å². The smallest absolute Gasteiger partial charge is 0.323 e. The molecule has 0 heterocycles. The van der Waals surface area contributed by atoms with Crippen molar-refractivity contribution in [3.05, 3.63) is 0 Å². The minimum absolute atomic E-state index is 0.333. The molecule has 0 amide bonds. The molecule has 0 bridgehead atoms. The molecular weight excluding hydrogens is 180 g/mol. The van der Waals surface area contributed by atoms with Crippen LogP contribution in [0.4, 0.5) is 0 Å². The third-order valence-electron chi connectivity index (χ3n) is 2.83. The van der Waals surface area contributed by atoms with Crippen LogP contribution in [0, 0.1) is 11.8 Å². The van der Waals surface area contributed by atoms with Crippen LogP contribution >= 0.6 is 0 Å². The second-order valence-electron chi connectivity index (χ2n) is 4.32. The quantitative estimate of drug-likeness (QED) is 0.638. The fourth-order valence-corrected chi connectivity index (χ4v) is 1.69. The molecule has 0 aromatic carbocycles. The topological polar surface area (TPSA) is 55.6 Å². The molecule has 0 saturated heterocycles. The van der Waals surface area contributed by atoms with Gasteiger partial charge in [0.25, 0.3) is 0 Å². The number of methoxy groups -OCH3 is 1. The molecule has 4 heteroatoms. The first-order valence-corrected chi connectivity index (χ1v) is 5.06. The zero-order valence-corrected chi connectivity index (χ0v) is 9.19. The molecule has 0 spiro atoms. The van der Waals surface area contributed by atoms with E-state index in [-0.39, 0.29) is 5.97 Å². The van der Waals surface area contributed by atoms with E-state index in [1.54, 1.807) is 0 Å². The highest BCUT2D eigenvalue weighted by molar-refractivity contribution is 5.75. The van der Waals surface area contributed by atoms with Gasteiger partial charge >= 0.3 is 5.97 Å². The molecule has 0 aliphatic heterocycles. The predicted octanol–water partition coefficient (Wildman–Crippen LogP) is 0.0745. The van der Waals surface area contributed by atoms with Gasteiger partial charge in [0.15, 0.2) is 0 Å². The molecule has 1 saturated carbocycles. The van der Waals surface area contributed by atoms with Crippen molar-refractivity contribution in [2.75, 3.05) is 27.2 Å². The zero-order chi connectivity index (χ0) is 10.7. The molecule has 1 fully saturated rings. The van der Waals surface area contributed by atoms with Crippen LogP contribution in [-0.4, -0.2) is 44.2 Å². The molecule has 1 aliphatic carbocycles. The maximum Gasteiger partial charge on any atom is 0.323 e. The number of hydrogen-bond donors (Lipinski definition) is 1. The number of rotatable bonds is 5. The molecule has 0 radical (unpaired) electrons. The van der Waals surface area contributed by atoms with E-state index in [4.69, 9.17) is 5.73 Å². The minimum Gasteiger partial charge on any atom is -0.468 e. The maximum atomic E-state index is 11.0. The van der Waals surface area contributed by atoms with Gasteiger partial charge in [0.2, 0.25) is 0 Å². The second kappa shape index (κ2) is 4.75. The second-order valence-corrected chi connectivity index (χ2v) is 4.32. The Kier molecular flexibility index (Phi) is 3.89. The van der Waals surface area contributed by atoms with Gasteiger partial charge in [0.1, 0.15) is 6.04 Å². The molecule has 3 unspecified atom stereocenters. The summed E-state index contributed by atoms with van der Waals surface area (Å²) in [6, 6.07) is -0.515. The number of hydrogen-bond acceptors (Lipinski definition) is 4. The normalized spacial score (nSPS) is 27.5. The largest absolute Gasteiger partial charge is 0.468 e. The molecule has 1 rings (SSSR count). The molecule has 82 valence electrons. The lowest BCUT2D eigenvalue weighted by Crippen LogP contribution is -2.42. The average Bonchev–Trinajstić information content (AvgIpc) is 2.79. The Balaban J connectivity index is 2.18. The Hall–Kier alpha value is -0.610. The van der Waals surface area contributed by atoms with Crippen LogP contribution in [0.3, 0.4) is 0 Å². The zero-order valence-electron chi connectivity index (χ0n) is 9.19. The first-order chi connectivity index (χ1) is 6.54. The Morgan fingerprint density at radius 2 is 2.29 bits per heavy atom. The monoisotopic (exact) mass is 200 g/mol.